The Balaban J connectivity index is 2.38. The molecule has 0 saturated carbocycles. The van der Waals surface area contributed by atoms with Gasteiger partial charge in [-0.3, -0.25) is 9.48 Å². The molecule has 94 valence electrons. The molecule has 1 unspecified atom stereocenters. The number of amides is 1. The molecule has 0 aliphatic heterocycles. The van der Waals surface area contributed by atoms with E-state index < -0.39 is 0 Å². The molecule has 0 radical (unpaired) electrons. The zero-order chi connectivity index (χ0) is 12.8. The summed E-state index contributed by atoms with van der Waals surface area (Å²) < 4.78 is 1.79. The van der Waals surface area contributed by atoms with Crippen LogP contribution in [0.1, 0.15) is 19.0 Å². The normalized spacial score (nSPS) is 12.1. The van der Waals surface area contributed by atoms with E-state index in [1.54, 1.807) is 10.9 Å². The number of aryl methyl sites for hydroxylation is 1. The maximum atomic E-state index is 11.7. The quantitative estimate of drug-likeness (QED) is 0.720. The lowest BCUT2D eigenvalue weighted by Gasteiger charge is -2.13. The van der Waals surface area contributed by atoms with Crippen molar-refractivity contribution in [1.29, 1.82) is 0 Å². The van der Waals surface area contributed by atoms with Gasteiger partial charge in [-0.1, -0.05) is 19.1 Å². The molecule has 1 heterocycles. The van der Waals surface area contributed by atoms with E-state index in [2.05, 4.69) is 10.4 Å². The second-order valence-corrected chi connectivity index (χ2v) is 4.32. The molecule has 0 aliphatic carbocycles. The lowest BCUT2D eigenvalue weighted by molar-refractivity contribution is -0.123. The van der Waals surface area contributed by atoms with Gasteiger partial charge in [0, 0.05) is 31.9 Å². The molecular weight excluding hydrogens is 236 g/mol. The van der Waals surface area contributed by atoms with Crippen molar-refractivity contribution in [3.8, 4) is 0 Å². The van der Waals surface area contributed by atoms with Gasteiger partial charge < -0.3 is 11.1 Å². The van der Waals surface area contributed by atoms with E-state index in [-0.39, 0.29) is 16.8 Å². The average Bonchev–Trinajstić information content (AvgIpc) is 2.65. The van der Waals surface area contributed by atoms with Crippen molar-refractivity contribution in [2.24, 2.45) is 18.7 Å². The molecule has 1 atom stereocenters. The Morgan fingerprint density at radius 3 is 2.88 bits per heavy atom. The van der Waals surface area contributed by atoms with Gasteiger partial charge in [0.05, 0.1) is 10.9 Å². The molecule has 6 heteroatoms. The van der Waals surface area contributed by atoms with Crippen LogP contribution >= 0.6 is 12.2 Å². The van der Waals surface area contributed by atoms with Crippen LogP contribution in [0.25, 0.3) is 0 Å². The first kappa shape index (κ1) is 13.6. The molecule has 1 aromatic rings. The summed E-state index contributed by atoms with van der Waals surface area (Å²) in [5.74, 6) is -0.460. The van der Waals surface area contributed by atoms with Gasteiger partial charge in [0.2, 0.25) is 5.91 Å². The van der Waals surface area contributed by atoms with Crippen LogP contribution in [0.4, 0.5) is 0 Å². The average molecular weight is 254 g/mol. The Bertz CT molecular complexity index is 402. The standard InChI is InChI=1S/C11H18N4OS/c1-3-9(10(12)17)11(16)13-6-4-8-5-7-14-15(8)2/h5,7,9H,3-4,6H2,1-2H3,(H2,12,17)(H,13,16). The zero-order valence-electron chi connectivity index (χ0n) is 10.1. The summed E-state index contributed by atoms with van der Waals surface area (Å²) in [5.41, 5.74) is 6.57. The molecule has 17 heavy (non-hydrogen) atoms. The van der Waals surface area contributed by atoms with E-state index in [4.69, 9.17) is 18.0 Å². The van der Waals surface area contributed by atoms with Crippen molar-refractivity contribution in [2.45, 2.75) is 19.8 Å². The molecule has 3 N–H and O–H groups in total. The highest BCUT2D eigenvalue weighted by Crippen LogP contribution is 2.03. The smallest absolute Gasteiger partial charge is 0.229 e. The van der Waals surface area contributed by atoms with Gasteiger partial charge in [-0.05, 0) is 12.5 Å². The second-order valence-electron chi connectivity index (χ2n) is 3.85. The lowest BCUT2D eigenvalue weighted by Crippen LogP contribution is -2.38. The first-order valence-electron chi connectivity index (χ1n) is 5.60. The monoisotopic (exact) mass is 254 g/mol. The number of hydrogen-bond acceptors (Lipinski definition) is 3. The van der Waals surface area contributed by atoms with Gasteiger partial charge in [0.25, 0.3) is 0 Å². The molecule has 1 rings (SSSR count). The number of nitrogens with zero attached hydrogens (tertiary/aromatic N) is 2. The molecular formula is C11H18N4OS. The number of nitrogens with one attached hydrogen (secondary N) is 1. The van der Waals surface area contributed by atoms with Gasteiger partial charge in [-0.25, -0.2) is 0 Å². The maximum Gasteiger partial charge on any atom is 0.229 e. The summed E-state index contributed by atoms with van der Waals surface area (Å²) in [6, 6.07) is 1.93. The third-order valence-corrected chi connectivity index (χ3v) is 2.96. The fourth-order valence-electron chi connectivity index (χ4n) is 1.60. The highest BCUT2D eigenvalue weighted by atomic mass is 32.1. The minimum atomic E-state index is -0.364. The van der Waals surface area contributed by atoms with E-state index in [0.717, 1.165) is 12.1 Å². The minimum Gasteiger partial charge on any atom is -0.393 e. The van der Waals surface area contributed by atoms with Crippen molar-refractivity contribution in [3.63, 3.8) is 0 Å². The van der Waals surface area contributed by atoms with Crippen LogP contribution in [0.5, 0.6) is 0 Å². The van der Waals surface area contributed by atoms with Crippen LogP contribution in [0.3, 0.4) is 0 Å². The van der Waals surface area contributed by atoms with Crippen LogP contribution < -0.4 is 11.1 Å². The van der Waals surface area contributed by atoms with E-state index in [0.29, 0.717) is 13.0 Å². The number of carbonyl (C=O) groups excluding carboxylic acids is 1. The summed E-state index contributed by atoms with van der Waals surface area (Å²) in [6.07, 6.45) is 3.11. The summed E-state index contributed by atoms with van der Waals surface area (Å²) >= 11 is 4.85. The third-order valence-electron chi connectivity index (χ3n) is 2.67. The molecule has 0 spiro atoms. The number of nitrogens with two attached hydrogens (primary N) is 1. The van der Waals surface area contributed by atoms with Gasteiger partial charge >= 0.3 is 0 Å². The van der Waals surface area contributed by atoms with Crippen LogP contribution in [-0.4, -0.2) is 27.2 Å². The van der Waals surface area contributed by atoms with Crippen molar-refractivity contribution >= 4 is 23.1 Å². The summed E-state index contributed by atoms with van der Waals surface area (Å²) in [7, 11) is 1.88. The van der Waals surface area contributed by atoms with Gasteiger partial charge in [0.1, 0.15) is 0 Å². The Morgan fingerprint density at radius 1 is 1.71 bits per heavy atom. The Morgan fingerprint density at radius 2 is 2.41 bits per heavy atom. The van der Waals surface area contributed by atoms with E-state index in [1.807, 2.05) is 20.0 Å². The third kappa shape index (κ3) is 3.81. The molecule has 1 amide bonds. The van der Waals surface area contributed by atoms with Crippen LogP contribution in [0.15, 0.2) is 12.3 Å². The lowest BCUT2D eigenvalue weighted by atomic mass is 10.1. The molecule has 0 bridgehead atoms. The maximum absolute atomic E-state index is 11.7. The van der Waals surface area contributed by atoms with Gasteiger partial charge in [-0.15, -0.1) is 0 Å². The summed E-state index contributed by atoms with van der Waals surface area (Å²) in [4.78, 5) is 12.0. The van der Waals surface area contributed by atoms with Crippen molar-refractivity contribution < 1.29 is 4.79 Å². The Labute approximate surface area is 106 Å². The van der Waals surface area contributed by atoms with Crippen LogP contribution in [0.2, 0.25) is 0 Å². The summed E-state index contributed by atoms with van der Waals surface area (Å²) in [6.45, 7) is 2.46. The van der Waals surface area contributed by atoms with E-state index in [9.17, 15) is 4.79 Å². The zero-order valence-corrected chi connectivity index (χ0v) is 11.0. The van der Waals surface area contributed by atoms with Crippen molar-refractivity contribution in [3.05, 3.63) is 18.0 Å². The van der Waals surface area contributed by atoms with Crippen molar-refractivity contribution in [1.82, 2.24) is 15.1 Å². The fourth-order valence-corrected chi connectivity index (χ4v) is 1.87. The highest BCUT2D eigenvalue weighted by Gasteiger charge is 2.18. The largest absolute Gasteiger partial charge is 0.393 e. The number of hydrogen-bond donors (Lipinski definition) is 2. The van der Waals surface area contributed by atoms with E-state index >= 15 is 0 Å². The summed E-state index contributed by atoms with van der Waals surface area (Å²) in [5, 5.41) is 6.89. The second kappa shape index (κ2) is 6.34. The molecule has 0 aromatic carbocycles. The Kier molecular flexibility index (Phi) is 5.09. The molecule has 1 aromatic heterocycles. The topological polar surface area (TPSA) is 72.9 Å². The van der Waals surface area contributed by atoms with Gasteiger partial charge in [-0.2, -0.15) is 5.10 Å². The minimum absolute atomic E-state index is 0.0952. The number of rotatable bonds is 6. The molecule has 5 nitrogen and oxygen atoms in total. The van der Waals surface area contributed by atoms with Crippen molar-refractivity contribution in [2.75, 3.05) is 6.54 Å². The molecule has 0 fully saturated rings. The SMILES string of the molecule is CCC(C(=O)NCCc1ccnn1C)C(N)=S. The predicted octanol–water partition coefficient (Wildman–Crippen LogP) is 0.391. The predicted molar refractivity (Wildman–Crippen MR) is 70.5 cm³/mol. The van der Waals surface area contributed by atoms with Crippen LogP contribution in [0, 0.1) is 5.92 Å². The number of thiocarbonyl (C=S) groups is 1. The number of aromatic nitrogens is 2. The van der Waals surface area contributed by atoms with Gasteiger partial charge in [0.15, 0.2) is 0 Å². The first-order chi connectivity index (χ1) is 8.06. The highest BCUT2D eigenvalue weighted by molar-refractivity contribution is 7.80. The molecule has 0 saturated heterocycles. The number of carbonyl (C=O) groups is 1. The van der Waals surface area contributed by atoms with E-state index in [1.165, 1.54) is 0 Å². The first-order valence-corrected chi connectivity index (χ1v) is 6.01. The Hall–Kier alpha value is -1.43. The fraction of sp³-hybridized carbons (Fsp3) is 0.545. The van der Waals surface area contributed by atoms with Crippen LogP contribution in [-0.2, 0) is 18.3 Å². The molecule has 0 aliphatic rings.